The first-order valence-electron chi connectivity index (χ1n) is 8.33. The molecule has 0 heterocycles. The van der Waals surface area contributed by atoms with Crippen molar-refractivity contribution in [1.29, 1.82) is 0 Å². The largest absolute Gasteiger partial charge is 0.399 e. The maximum Gasteiger partial charge on any atom is 0.254 e. The number of carbonyl (C=O) groups excluding carboxylic acids is 2. The number of aryl methyl sites for hydroxylation is 1. The lowest BCUT2D eigenvalue weighted by Crippen LogP contribution is -2.39. The number of halogens is 4. The number of hydrogen-bond acceptors (Lipinski definition) is 3. The topological polar surface area (TPSA) is 75.4 Å². The quantitative estimate of drug-likeness (QED) is 0.555. The molecule has 0 bridgehead atoms. The Hall–Kier alpha value is -2.74. The summed E-state index contributed by atoms with van der Waals surface area (Å²) in [5.74, 6) is -5.66. The molecule has 2 amide bonds. The lowest BCUT2D eigenvalue weighted by molar-refractivity contribution is -0.116. The van der Waals surface area contributed by atoms with Crippen LogP contribution < -0.4 is 11.1 Å². The second-order valence-electron chi connectivity index (χ2n) is 6.07. The van der Waals surface area contributed by atoms with Crippen LogP contribution in [0.15, 0.2) is 30.3 Å². The zero-order valence-corrected chi connectivity index (χ0v) is 16.2. The molecule has 152 valence electrons. The molecule has 0 aliphatic rings. The fourth-order valence-electron chi connectivity index (χ4n) is 2.55. The summed E-state index contributed by atoms with van der Waals surface area (Å²) in [5, 5.41) is 2.16. The first-order chi connectivity index (χ1) is 12.7. The number of carbonyl (C=O) groups is 2. The van der Waals surface area contributed by atoms with Crippen molar-refractivity contribution in [3.05, 3.63) is 58.9 Å². The predicted molar refractivity (Wildman–Crippen MR) is 104 cm³/mol. The molecule has 0 aliphatic heterocycles. The van der Waals surface area contributed by atoms with Gasteiger partial charge in [-0.15, -0.1) is 12.4 Å². The number of benzene rings is 2. The first kappa shape index (κ1) is 23.3. The summed E-state index contributed by atoms with van der Waals surface area (Å²) in [6.07, 6.45) is 0.583. The van der Waals surface area contributed by atoms with Crippen LogP contribution in [-0.2, 0) is 4.79 Å². The molecule has 0 saturated carbocycles. The maximum atomic E-state index is 13.7. The molecule has 2 aromatic carbocycles. The van der Waals surface area contributed by atoms with Crippen LogP contribution in [0, 0.1) is 24.4 Å². The summed E-state index contributed by atoms with van der Waals surface area (Å²) in [5.41, 5.74) is 6.69. The van der Waals surface area contributed by atoms with Gasteiger partial charge in [0.05, 0.1) is 5.69 Å². The Morgan fingerprint density at radius 1 is 1.11 bits per heavy atom. The minimum absolute atomic E-state index is 0. The molecular weight excluding hydrogens is 395 g/mol. The van der Waals surface area contributed by atoms with Crippen LogP contribution in [0.5, 0.6) is 0 Å². The van der Waals surface area contributed by atoms with Crippen molar-refractivity contribution < 1.29 is 22.8 Å². The monoisotopic (exact) mass is 415 g/mol. The van der Waals surface area contributed by atoms with Crippen LogP contribution in [0.1, 0.15) is 29.3 Å². The number of amides is 2. The average Bonchev–Trinajstić information content (AvgIpc) is 2.63. The highest BCUT2D eigenvalue weighted by molar-refractivity contribution is 6.00. The lowest BCUT2D eigenvalue weighted by atomic mass is 10.1. The van der Waals surface area contributed by atoms with E-state index in [4.69, 9.17) is 5.73 Å². The van der Waals surface area contributed by atoms with Gasteiger partial charge in [-0.1, -0.05) is 13.0 Å². The van der Waals surface area contributed by atoms with Gasteiger partial charge in [-0.05, 0) is 43.2 Å². The van der Waals surface area contributed by atoms with E-state index in [9.17, 15) is 22.8 Å². The fourth-order valence-corrected chi connectivity index (χ4v) is 2.55. The zero-order valence-electron chi connectivity index (χ0n) is 15.4. The van der Waals surface area contributed by atoms with Crippen molar-refractivity contribution in [2.75, 3.05) is 24.1 Å². The summed E-state index contributed by atoms with van der Waals surface area (Å²) >= 11 is 0. The third kappa shape index (κ3) is 5.39. The predicted octanol–water partition coefficient (Wildman–Crippen LogP) is 3.91. The molecule has 2 rings (SSSR count). The first-order valence-corrected chi connectivity index (χ1v) is 8.33. The molecule has 0 unspecified atom stereocenters. The van der Waals surface area contributed by atoms with E-state index in [2.05, 4.69) is 5.32 Å². The fraction of sp³-hybridized carbons (Fsp3) is 0.263. The molecule has 5 nitrogen and oxygen atoms in total. The smallest absolute Gasteiger partial charge is 0.254 e. The number of nitrogens with one attached hydrogen (secondary N) is 1. The lowest BCUT2D eigenvalue weighted by Gasteiger charge is -2.23. The van der Waals surface area contributed by atoms with Crippen LogP contribution in [-0.4, -0.2) is 29.8 Å². The van der Waals surface area contributed by atoms with E-state index in [-0.39, 0.29) is 25.5 Å². The molecule has 0 saturated heterocycles. The van der Waals surface area contributed by atoms with E-state index in [0.29, 0.717) is 29.3 Å². The molecule has 0 fully saturated rings. The van der Waals surface area contributed by atoms with Gasteiger partial charge < -0.3 is 16.0 Å². The molecule has 0 atom stereocenters. The Balaban J connectivity index is 0.00000392. The van der Waals surface area contributed by atoms with Crippen molar-refractivity contribution in [3.63, 3.8) is 0 Å². The average molecular weight is 416 g/mol. The maximum absolute atomic E-state index is 13.7. The van der Waals surface area contributed by atoms with E-state index < -0.39 is 35.0 Å². The van der Waals surface area contributed by atoms with Crippen molar-refractivity contribution in [1.82, 2.24) is 4.90 Å². The Morgan fingerprint density at radius 2 is 1.79 bits per heavy atom. The number of nitrogen functional groups attached to an aromatic ring is 1. The van der Waals surface area contributed by atoms with Gasteiger partial charge in [0.2, 0.25) is 5.91 Å². The number of nitrogens with zero attached hydrogens (tertiary/aromatic N) is 1. The highest BCUT2D eigenvalue weighted by atomic mass is 35.5. The van der Waals surface area contributed by atoms with Gasteiger partial charge in [-0.2, -0.15) is 0 Å². The summed E-state index contributed by atoms with van der Waals surface area (Å²) < 4.78 is 40.0. The highest BCUT2D eigenvalue weighted by Gasteiger charge is 2.21. The van der Waals surface area contributed by atoms with Crippen molar-refractivity contribution in [3.8, 4) is 0 Å². The van der Waals surface area contributed by atoms with Crippen LogP contribution >= 0.6 is 12.4 Å². The van der Waals surface area contributed by atoms with Crippen molar-refractivity contribution in [2.24, 2.45) is 0 Å². The number of nitrogens with two attached hydrogens (primary N) is 1. The van der Waals surface area contributed by atoms with Gasteiger partial charge in [-0.3, -0.25) is 9.59 Å². The van der Waals surface area contributed by atoms with Gasteiger partial charge in [0.25, 0.3) is 5.91 Å². The molecular formula is C19H21ClF3N3O2. The number of anilines is 2. The van der Waals surface area contributed by atoms with Gasteiger partial charge in [0.15, 0.2) is 17.5 Å². The summed E-state index contributed by atoms with van der Waals surface area (Å²) in [6, 6.07) is 6.50. The Morgan fingerprint density at radius 3 is 2.43 bits per heavy atom. The molecule has 0 aromatic heterocycles. The SMILES string of the molecule is CCCN(CC(=O)Nc1ccc(F)c(F)c1F)C(=O)c1cc(N)ccc1C.Cl. The second-order valence-corrected chi connectivity index (χ2v) is 6.07. The minimum atomic E-state index is -1.68. The third-order valence-electron chi connectivity index (χ3n) is 3.92. The number of rotatable bonds is 6. The molecule has 2 aromatic rings. The molecule has 9 heteroatoms. The van der Waals surface area contributed by atoms with Crippen molar-refractivity contribution in [2.45, 2.75) is 20.3 Å². The molecule has 0 spiro atoms. The second kappa shape index (κ2) is 9.98. The summed E-state index contributed by atoms with van der Waals surface area (Å²) in [4.78, 5) is 26.3. The van der Waals surface area contributed by atoms with Gasteiger partial charge in [0.1, 0.15) is 6.54 Å². The Kier molecular flexibility index (Phi) is 8.31. The molecule has 28 heavy (non-hydrogen) atoms. The normalized spacial score (nSPS) is 10.2. The molecule has 0 aliphatic carbocycles. The van der Waals surface area contributed by atoms with Crippen LogP contribution in [0.25, 0.3) is 0 Å². The van der Waals surface area contributed by atoms with E-state index in [0.717, 1.165) is 6.07 Å². The van der Waals surface area contributed by atoms with Gasteiger partial charge >= 0.3 is 0 Å². The summed E-state index contributed by atoms with van der Waals surface area (Å²) in [7, 11) is 0. The van der Waals surface area contributed by atoms with E-state index in [1.54, 1.807) is 19.1 Å². The van der Waals surface area contributed by atoms with E-state index in [1.807, 2.05) is 6.92 Å². The minimum Gasteiger partial charge on any atom is -0.399 e. The molecule has 3 N–H and O–H groups in total. The highest BCUT2D eigenvalue weighted by Crippen LogP contribution is 2.20. The van der Waals surface area contributed by atoms with Gasteiger partial charge in [-0.25, -0.2) is 13.2 Å². The van der Waals surface area contributed by atoms with Crippen LogP contribution in [0.3, 0.4) is 0 Å². The Labute approximate surface area is 167 Å². The summed E-state index contributed by atoms with van der Waals surface area (Å²) in [6.45, 7) is 3.48. The van der Waals surface area contributed by atoms with Crippen molar-refractivity contribution >= 4 is 35.6 Å². The molecule has 0 radical (unpaired) electrons. The third-order valence-corrected chi connectivity index (χ3v) is 3.92. The number of hydrogen-bond donors (Lipinski definition) is 2. The standard InChI is InChI=1S/C19H20F3N3O2.ClH/c1-3-8-25(19(27)13-9-12(23)5-4-11(13)2)10-16(26)24-15-7-6-14(20)17(21)18(15)22;/h4-7,9H,3,8,10,23H2,1-2H3,(H,24,26);1H. The van der Waals surface area contributed by atoms with E-state index >= 15 is 0 Å². The van der Waals surface area contributed by atoms with Gasteiger partial charge in [0, 0.05) is 17.8 Å². The Bertz CT molecular complexity index is 878. The zero-order chi connectivity index (χ0) is 20.1. The van der Waals surface area contributed by atoms with E-state index in [1.165, 1.54) is 11.0 Å². The van der Waals surface area contributed by atoms with Crippen LogP contribution in [0.4, 0.5) is 24.5 Å². The van der Waals surface area contributed by atoms with Crippen LogP contribution in [0.2, 0.25) is 0 Å².